The van der Waals surface area contributed by atoms with Crippen molar-refractivity contribution >= 4 is 39.2 Å². The third kappa shape index (κ3) is 3.40. The fraction of sp³-hybridized carbons (Fsp3) is 0.250. The molecular formula is C16H16N6O3S2. The molecule has 0 radical (unpaired) electrons. The van der Waals surface area contributed by atoms with Crippen LogP contribution < -0.4 is 10.0 Å². The molecular weight excluding hydrogens is 388 g/mol. The van der Waals surface area contributed by atoms with E-state index in [1.54, 1.807) is 33.9 Å². The van der Waals surface area contributed by atoms with Crippen molar-refractivity contribution in [1.29, 1.82) is 0 Å². The van der Waals surface area contributed by atoms with Crippen molar-refractivity contribution < 1.29 is 13.2 Å². The van der Waals surface area contributed by atoms with E-state index in [4.69, 9.17) is 5.14 Å². The predicted octanol–water partition coefficient (Wildman–Crippen LogP) is 0.842. The van der Waals surface area contributed by atoms with E-state index in [0.29, 0.717) is 23.0 Å². The number of sulfonamides is 1. The van der Waals surface area contributed by atoms with Gasteiger partial charge in [-0.05, 0) is 43.2 Å². The highest BCUT2D eigenvalue weighted by Crippen LogP contribution is 2.34. The highest BCUT2D eigenvalue weighted by atomic mass is 32.2. The van der Waals surface area contributed by atoms with Gasteiger partial charge in [-0.25, -0.2) is 23.1 Å². The van der Waals surface area contributed by atoms with Crippen LogP contribution in [0.2, 0.25) is 0 Å². The van der Waals surface area contributed by atoms with Crippen molar-refractivity contribution in [2.75, 3.05) is 10.7 Å². The number of rotatable bonds is 4. The number of anilines is 1. The number of carbonyl (C=O) groups excluding carboxylic acids is 1. The molecule has 0 fully saturated rings. The monoisotopic (exact) mass is 404 g/mol. The van der Waals surface area contributed by atoms with Gasteiger partial charge in [0.05, 0.1) is 10.6 Å². The molecule has 11 heteroatoms. The summed E-state index contributed by atoms with van der Waals surface area (Å²) >= 11 is 1.24. The normalized spacial score (nSPS) is 16.7. The molecule has 140 valence electrons. The number of thioether (sulfide) groups is 1. The summed E-state index contributed by atoms with van der Waals surface area (Å²) in [6, 6.07) is 6.28. The number of nitrogens with two attached hydrogens (primary N) is 1. The average Bonchev–Trinajstić information content (AvgIpc) is 3.17. The van der Waals surface area contributed by atoms with Gasteiger partial charge in [0.2, 0.25) is 21.1 Å². The molecule has 0 unspecified atom stereocenters. The van der Waals surface area contributed by atoms with Crippen LogP contribution in [0.1, 0.15) is 12.5 Å². The maximum Gasteiger partial charge on any atom is 0.253 e. The summed E-state index contributed by atoms with van der Waals surface area (Å²) in [6.07, 6.45) is 3.94. The van der Waals surface area contributed by atoms with E-state index in [1.807, 2.05) is 6.92 Å². The molecule has 1 amide bonds. The minimum atomic E-state index is -3.77. The van der Waals surface area contributed by atoms with Crippen LogP contribution in [0.25, 0.3) is 5.78 Å². The molecule has 0 spiro atoms. The minimum Gasteiger partial charge on any atom is -0.308 e. The van der Waals surface area contributed by atoms with Gasteiger partial charge < -0.3 is 4.90 Å². The van der Waals surface area contributed by atoms with Crippen LogP contribution in [-0.4, -0.2) is 45.7 Å². The van der Waals surface area contributed by atoms with E-state index >= 15 is 0 Å². The van der Waals surface area contributed by atoms with Gasteiger partial charge in [-0.2, -0.15) is 4.98 Å². The van der Waals surface area contributed by atoms with Gasteiger partial charge in [0.15, 0.2) is 0 Å². The first kappa shape index (κ1) is 17.9. The van der Waals surface area contributed by atoms with Gasteiger partial charge >= 0.3 is 0 Å². The summed E-state index contributed by atoms with van der Waals surface area (Å²) in [6.45, 7) is 1.92. The molecule has 0 saturated carbocycles. The molecule has 0 saturated heterocycles. The number of nitrogens with zero attached hydrogens (tertiary/aromatic N) is 5. The Hall–Kier alpha value is -2.50. The molecule has 3 heterocycles. The highest BCUT2D eigenvalue weighted by molar-refractivity contribution is 7.99. The fourth-order valence-electron chi connectivity index (χ4n) is 3.14. The topological polar surface area (TPSA) is 124 Å². The summed E-state index contributed by atoms with van der Waals surface area (Å²) in [5.41, 5.74) is 1.51. The second-order valence-corrected chi connectivity index (χ2v) is 8.70. The van der Waals surface area contributed by atoms with E-state index < -0.39 is 10.0 Å². The van der Waals surface area contributed by atoms with Crippen molar-refractivity contribution in [2.45, 2.75) is 29.4 Å². The standard InChI is InChI=1S/C16H16N6O3S2/c1-10-7-11-8-12(27(17,24)25)3-4-13(11)22(10)14(23)9-26-16-19-15-18-5-2-6-21(15)20-16/h2-6,8,10H,7,9H2,1H3,(H2,17,24,25)/t10-/m0/s1. The van der Waals surface area contributed by atoms with Crippen LogP contribution in [0.15, 0.2) is 46.7 Å². The molecule has 0 aliphatic carbocycles. The number of fused-ring (bicyclic) bond motifs is 2. The molecule has 2 aromatic heterocycles. The summed E-state index contributed by atoms with van der Waals surface area (Å²) in [5, 5.41) is 9.93. The van der Waals surface area contributed by atoms with Crippen molar-refractivity contribution in [3.63, 3.8) is 0 Å². The molecule has 1 aromatic carbocycles. The van der Waals surface area contributed by atoms with Gasteiger partial charge in [0, 0.05) is 24.1 Å². The number of hydrogen-bond acceptors (Lipinski definition) is 7. The van der Waals surface area contributed by atoms with Crippen LogP contribution in [0, 0.1) is 0 Å². The predicted molar refractivity (Wildman–Crippen MR) is 100.0 cm³/mol. The van der Waals surface area contributed by atoms with Crippen molar-refractivity contribution in [3.8, 4) is 0 Å². The lowest BCUT2D eigenvalue weighted by molar-refractivity contribution is -0.116. The molecule has 1 atom stereocenters. The van der Waals surface area contributed by atoms with E-state index in [0.717, 1.165) is 5.56 Å². The van der Waals surface area contributed by atoms with E-state index in [-0.39, 0.29) is 22.6 Å². The Labute approximate surface area is 159 Å². The highest BCUT2D eigenvalue weighted by Gasteiger charge is 2.31. The Morgan fingerprint density at radius 2 is 2.22 bits per heavy atom. The maximum absolute atomic E-state index is 12.8. The first-order valence-corrected chi connectivity index (χ1v) is 10.6. The maximum atomic E-state index is 12.8. The van der Waals surface area contributed by atoms with Crippen LogP contribution in [-0.2, 0) is 21.2 Å². The molecule has 0 bridgehead atoms. The van der Waals surface area contributed by atoms with Crippen molar-refractivity contribution in [2.24, 2.45) is 5.14 Å². The molecule has 2 N–H and O–H groups in total. The Bertz CT molecular complexity index is 1110. The van der Waals surface area contributed by atoms with Crippen LogP contribution in [0.4, 0.5) is 5.69 Å². The largest absolute Gasteiger partial charge is 0.308 e. The quantitative estimate of drug-likeness (QED) is 0.639. The molecule has 1 aliphatic rings. The molecule has 27 heavy (non-hydrogen) atoms. The molecule has 4 rings (SSSR count). The summed E-state index contributed by atoms with van der Waals surface area (Å²) in [4.78, 5) is 22.9. The molecule has 1 aliphatic heterocycles. The van der Waals surface area contributed by atoms with Crippen molar-refractivity contribution in [3.05, 3.63) is 42.2 Å². The lowest BCUT2D eigenvalue weighted by atomic mass is 10.1. The third-order valence-electron chi connectivity index (χ3n) is 4.29. The zero-order valence-corrected chi connectivity index (χ0v) is 15.9. The Morgan fingerprint density at radius 3 is 2.96 bits per heavy atom. The number of carbonyl (C=O) groups is 1. The number of amides is 1. The summed E-state index contributed by atoms with van der Waals surface area (Å²) < 4.78 is 24.6. The second kappa shape index (κ2) is 6.59. The van der Waals surface area contributed by atoms with E-state index in [2.05, 4.69) is 15.1 Å². The Morgan fingerprint density at radius 1 is 1.41 bits per heavy atom. The molecule has 9 nitrogen and oxygen atoms in total. The van der Waals surface area contributed by atoms with Crippen LogP contribution in [0.3, 0.4) is 0 Å². The van der Waals surface area contributed by atoms with Gasteiger partial charge in [0.1, 0.15) is 0 Å². The zero-order chi connectivity index (χ0) is 19.2. The van der Waals surface area contributed by atoms with Gasteiger partial charge in [0.25, 0.3) is 5.78 Å². The summed E-state index contributed by atoms with van der Waals surface area (Å²) in [5.74, 6) is 0.543. The lowest BCUT2D eigenvalue weighted by Crippen LogP contribution is -2.37. The van der Waals surface area contributed by atoms with Gasteiger partial charge in [-0.15, -0.1) is 5.10 Å². The van der Waals surface area contributed by atoms with Crippen LogP contribution >= 0.6 is 11.8 Å². The smallest absolute Gasteiger partial charge is 0.253 e. The second-order valence-electron chi connectivity index (χ2n) is 6.20. The lowest BCUT2D eigenvalue weighted by Gasteiger charge is -2.22. The van der Waals surface area contributed by atoms with E-state index in [1.165, 1.54) is 23.9 Å². The number of hydrogen-bond donors (Lipinski definition) is 1. The average molecular weight is 404 g/mol. The van der Waals surface area contributed by atoms with Gasteiger partial charge in [-0.1, -0.05) is 11.8 Å². The van der Waals surface area contributed by atoms with Crippen LogP contribution in [0.5, 0.6) is 0 Å². The van der Waals surface area contributed by atoms with Crippen molar-refractivity contribution in [1.82, 2.24) is 19.6 Å². The third-order valence-corrected chi connectivity index (χ3v) is 6.02. The minimum absolute atomic E-state index is 0.0542. The molecule has 3 aromatic rings. The zero-order valence-electron chi connectivity index (χ0n) is 14.3. The number of aromatic nitrogens is 4. The first-order chi connectivity index (χ1) is 12.8. The van der Waals surface area contributed by atoms with Gasteiger partial charge in [-0.3, -0.25) is 4.79 Å². The van der Waals surface area contributed by atoms with E-state index in [9.17, 15) is 13.2 Å². The Balaban J connectivity index is 1.52. The fourth-order valence-corrected chi connectivity index (χ4v) is 4.38. The Kier molecular flexibility index (Phi) is 4.36. The number of benzene rings is 1. The first-order valence-electron chi connectivity index (χ1n) is 8.11. The SMILES string of the molecule is C[C@H]1Cc2cc(S(N)(=O)=O)ccc2N1C(=O)CSc1nc2ncccn2n1. The number of primary sulfonamides is 1. The summed E-state index contributed by atoms with van der Waals surface area (Å²) in [7, 11) is -3.77.